The number of nitrogen functional groups attached to an aromatic ring is 1. The van der Waals surface area contributed by atoms with Crippen molar-refractivity contribution in [1.29, 1.82) is 0 Å². The van der Waals surface area contributed by atoms with E-state index in [0.29, 0.717) is 30.3 Å². The molecule has 2 aromatic heterocycles. The van der Waals surface area contributed by atoms with E-state index >= 15 is 0 Å². The highest BCUT2D eigenvalue weighted by Gasteiger charge is 2.24. The average Bonchev–Trinajstić information content (AvgIpc) is 3.35. The Morgan fingerprint density at radius 3 is 2.73 bits per heavy atom. The Balaban J connectivity index is 1.49. The van der Waals surface area contributed by atoms with Crippen molar-refractivity contribution < 1.29 is 19.4 Å². The van der Waals surface area contributed by atoms with E-state index < -0.39 is 5.97 Å². The molecule has 1 saturated heterocycles. The number of fused-ring (bicyclic) bond motifs is 2. The Hall–Kier alpha value is -4.47. The number of nitrogens with two attached hydrogens (primary N) is 2. The van der Waals surface area contributed by atoms with E-state index in [4.69, 9.17) is 26.0 Å². The van der Waals surface area contributed by atoms with Gasteiger partial charge < -0.3 is 26.0 Å². The fourth-order valence-corrected chi connectivity index (χ4v) is 5.54. The number of pyridine rings is 1. The fourth-order valence-electron chi connectivity index (χ4n) is 5.54. The second kappa shape index (κ2) is 11.0. The highest BCUT2D eigenvalue weighted by molar-refractivity contribution is 6.03. The Labute approximate surface area is 231 Å². The van der Waals surface area contributed by atoms with E-state index in [9.17, 15) is 9.90 Å². The number of nitrogens with zero attached hydrogens (tertiary/aromatic N) is 3. The second-order valence-corrected chi connectivity index (χ2v) is 10.0. The maximum absolute atomic E-state index is 11.4. The van der Waals surface area contributed by atoms with Crippen molar-refractivity contribution in [2.24, 2.45) is 5.73 Å². The van der Waals surface area contributed by atoms with Gasteiger partial charge in [-0.3, -0.25) is 4.79 Å². The zero-order valence-electron chi connectivity index (χ0n) is 22.0. The molecule has 5 aromatic rings. The van der Waals surface area contributed by atoms with E-state index in [1.54, 1.807) is 18.3 Å². The van der Waals surface area contributed by atoms with E-state index in [0.717, 1.165) is 63.3 Å². The Kier molecular flexibility index (Phi) is 7.06. The van der Waals surface area contributed by atoms with Crippen LogP contribution in [0.15, 0.2) is 66.9 Å². The van der Waals surface area contributed by atoms with Crippen LogP contribution < -0.4 is 16.2 Å². The normalized spacial score (nSPS) is 15.5. The lowest BCUT2D eigenvalue weighted by atomic mass is 9.95. The molecule has 1 fully saturated rings. The van der Waals surface area contributed by atoms with Crippen LogP contribution in [0.25, 0.3) is 32.8 Å². The summed E-state index contributed by atoms with van der Waals surface area (Å²) in [6.07, 6.45) is 4.35. The standard InChI is InChI=1S/C31H31N5O4/c32-17-21-14-20(22-7-5-8-24-23(22)11-12-34-31(24)33)15-25-26(35-36(30(21)25)28-10-3-4-13-39-28)18-40-27-9-2-1-6-19(27)16-29(37)38/h1-2,5-9,11-12,14-15,28H,3-4,10,13,16-18,32H2,(H2,33,34)(H,37,38). The van der Waals surface area contributed by atoms with Gasteiger partial charge in [0.25, 0.3) is 0 Å². The van der Waals surface area contributed by atoms with E-state index in [1.807, 2.05) is 35.0 Å². The van der Waals surface area contributed by atoms with Gasteiger partial charge >= 0.3 is 5.97 Å². The van der Waals surface area contributed by atoms with Gasteiger partial charge in [-0.2, -0.15) is 5.10 Å². The summed E-state index contributed by atoms with van der Waals surface area (Å²) in [5.74, 6) is 0.0907. The SMILES string of the molecule is NCc1cc(-c2cccc3c(N)nccc23)cc2c(COc3ccccc3CC(=O)O)nn(C3CCCCO3)c12. The Morgan fingerprint density at radius 1 is 1.05 bits per heavy atom. The third-order valence-corrected chi connectivity index (χ3v) is 7.43. The van der Waals surface area contributed by atoms with Crippen LogP contribution in [-0.4, -0.2) is 32.4 Å². The molecular weight excluding hydrogens is 506 g/mol. The molecule has 204 valence electrons. The Bertz CT molecular complexity index is 1710. The van der Waals surface area contributed by atoms with Crippen LogP contribution in [0.4, 0.5) is 5.82 Å². The molecule has 40 heavy (non-hydrogen) atoms. The molecule has 3 aromatic carbocycles. The molecule has 9 heteroatoms. The summed E-state index contributed by atoms with van der Waals surface area (Å²) in [7, 11) is 0. The van der Waals surface area contributed by atoms with Gasteiger partial charge in [-0.05, 0) is 65.6 Å². The first kappa shape index (κ1) is 25.8. The molecule has 1 atom stereocenters. The smallest absolute Gasteiger partial charge is 0.307 e. The number of carbonyl (C=O) groups is 1. The van der Waals surface area contributed by atoms with Gasteiger partial charge in [-0.25, -0.2) is 9.67 Å². The van der Waals surface area contributed by atoms with Crippen molar-refractivity contribution in [3.05, 3.63) is 83.7 Å². The lowest BCUT2D eigenvalue weighted by molar-refractivity contribution is -0.136. The summed E-state index contributed by atoms with van der Waals surface area (Å²) >= 11 is 0. The molecule has 1 aliphatic rings. The van der Waals surface area contributed by atoms with E-state index in [1.165, 1.54) is 0 Å². The van der Waals surface area contributed by atoms with Gasteiger partial charge in [0.2, 0.25) is 0 Å². The average molecular weight is 538 g/mol. The van der Waals surface area contributed by atoms with Crippen molar-refractivity contribution in [1.82, 2.24) is 14.8 Å². The van der Waals surface area contributed by atoms with Crippen molar-refractivity contribution in [2.45, 2.75) is 45.1 Å². The quantitative estimate of drug-likeness (QED) is 0.246. The van der Waals surface area contributed by atoms with Crippen LogP contribution in [-0.2, 0) is 29.1 Å². The van der Waals surface area contributed by atoms with Gasteiger partial charge in [0, 0.05) is 35.7 Å². The van der Waals surface area contributed by atoms with Gasteiger partial charge in [0.05, 0.1) is 11.9 Å². The number of carboxylic acids is 1. The minimum absolute atomic E-state index is 0.123. The molecule has 1 unspecified atom stereocenters. The largest absolute Gasteiger partial charge is 0.487 e. The molecule has 0 spiro atoms. The predicted octanol–water partition coefficient (Wildman–Crippen LogP) is 5.20. The number of carboxylic acid groups (broad SMARTS) is 1. The molecule has 1 aliphatic heterocycles. The summed E-state index contributed by atoms with van der Waals surface area (Å²) in [5.41, 5.74) is 17.7. The van der Waals surface area contributed by atoms with Gasteiger partial charge in [-0.15, -0.1) is 0 Å². The molecular formula is C31H31N5O4. The van der Waals surface area contributed by atoms with Crippen molar-refractivity contribution >= 4 is 33.5 Å². The van der Waals surface area contributed by atoms with Crippen molar-refractivity contribution in [3.8, 4) is 16.9 Å². The summed E-state index contributed by atoms with van der Waals surface area (Å²) in [6, 6.07) is 19.4. The van der Waals surface area contributed by atoms with Gasteiger partial charge in [0.1, 0.15) is 23.9 Å². The molecule has 0 bridgehead atoms. The Morgan fingerprint density at radius 2 is 1.93 bits per heavy atom. The molecule has 6 rings (SSSR count). The van der Waals surface area contributed by atoms with Crippen LogP contribution in [0.5, 0.6) is 5.75 Å². The molecule has 0 amide bonds. The van der Waals surface area contributed by atoms with Crippen LogP contribution in [0.2, 0.25) is 0 Å². The maximum Gasteiger partial charge on any atom is 0.307 e. The maximum atomic E-state index is 11.4. The number of hydrogen-bond acceptors (Lipinski definition) is 7. The zero-order valence-corrected chi connectivity index (χ0v) is 22.0. The number of aliphatic carboxylic acids is 1. The van der Waals surface area contributed by atoms with Crippen LogP contribution in [0, 0.1) is 0 Å². The lowest BCUT2D eigenvalue weighted by Gasteiger charge is -2.24. The number of aromatic nitrogens is 3. The third-order valence-electron chi connectivity index (χ3n) is 7.43. The van der Waals surface area contributed by atoms with Crippen LogP contribution in [0.1, 0.15) is 42.3 Å². The number of rotatable bonds is 8. The molecule has 9 nitrogen and oxygen atoms in total. The van der Waals surface area contributed by atoms with Gasteiger partial charge in [0.15, 0.2) is 6.23 Å². The fraction of sp³-hybridized carbons (Fsp3) is 0.258. The summed E-state index contributed by atoms with van der Waals surface area (Å²) in [4.78, 5) is 15.6. The van der Waals surface area contributed by atoms with Gasteiger partial charge in [-0.1, -0.05) is 36.4 Å². The predicted molar refractivity (Wildman–Crippen MR) is 154 cm³/mol. The first-order chi connectivity index (χ1) is 19.5. The second-order valence-electron chi connectivity index (χ2n) is 10.0. The first-order valence-electron chi connectivity index (χ1n) is 13.4. The van der Waals surface area contributed by atoms with Crippen LogP contribution >= 0.6 is 0 Å². The molecule has 3 heterocycles. The monoisotopic (exact) mass is 537 g/mol. The molecule has 0 radical (unpaired) electrons. The highest BCUT2D eigenvalue weighted by atomic mass is 16.5. The number of ether oxygens (including phenoxy) is 2. The highest BCUT2D eigenvalue weighted by Crippen LogP contribution is 2.37. The minimum Gasteiger partial charge on any atom is -0.487 e. The molecule has 5 N–H and O–H groups in total. The summed E-state index contributed by atoms with van der Waals surface area (Å²) < 4.78 is 14.3. The molecule has 0 saturated carbocycles. The van der Waals surface area contributed by atoms with Crippen molar-refractivity contribution in [3.63, 3.8) is 0 Å². The summed E-state index contributed by atoms with van der Waals surface area (Å²) in [5, 5.41) is 17.2. The van der Waals surface area contributed by atoms with E-state index in [2.05, 4.69) is 23.2 Å². The number of para-hydroxylation sites is 1. The first-order valence-corrected chi connectivity index (χ1v) is 13.4. The summed E-state index contributed by atoms with van der Waals surface area (Å²) in [6.45, 7) is 1.16. The number of hydrogen-bond donors (Lipinski definition) is 3. The minimum atomic E-state index is -0.914. The zero-order chi connectivity index (χ0) is 27.6. The topological polar surface area (TPSA) is 139 Å². The van der Waals surface area contributed by atoms with E-state index in [-0.39, 0.29) is 19.3 Å². The van der Waals surface area contributed by atoms with Crippen molar-refractivity contribution in [2.75, 3.05) is 12.3 Å². The number of anilines is 1. The van der Waals surface area contributed by atoms with Crippen LogP contribution in [0.3, 0.4) is 0 Å². The lowest BCUT2D eigenvalue weighted by Crippen LogP contribution is -2.20. The number of benzene rings is 3. The molecule has 0 aliphatic carbocycles. The third kappa shape index (κ3) is 4.85.